The van der Waals surface area contributed by atoms with Gasteiger partial charge in [0.05, 0.1) is 12.2 Å². The highest BCUT2D eigenvalue weighted by Gasteiger charge is 2.11. The van der Waals surface area contributed by atoms with Crippen LogP contribution in [0.25, 0.3) is 11.5 Å². The van der Waals surface area contributed by atoms with Crippen molar-refractivity contribution in [3.8, 4) is 17.2 Å². The molecule has 2 aromatic rings. The lowest BCUT2D eigenvalue weighted by Crippen LogP contribution is -1.96. The van der Waals surface area contributed by atoms with Crippen LogP contribution in [0, 0.1) is 6.92 Å². The molecule has 84 valence electrons. The summed E-state index contributed by atoms with van der Waals surface area (Å²) in [4.78, 5) is 4.19. The maximum Gasteiger partial charge on any atom is 0.261 e. The number of rotatable bonds is 4. The van der Waals surface area contributed by atoms with Gasteiger partial charge in [0.2, 0.25) is 0 Å². The van der Waals surface area contributed by atoms with Crippen molar-refractivity contribution in [3.63, 3.8) is 0 Å². The van der Waals surface area contributed by atoms with Crippen molar-refractivity contribution in [2.75, 3.05) is 6.61 Å². The molecule has 4 heteroatoms. The van der Waals surface area contributed by atoms with Crippen LogP contribution in [0.1, 0.15) is 19.2 Å². The highest BCUT2D eigenvalue weighted by atomic mass is 16.5. The van der Waals surface area contributed by atoms with E-state index in [2.05, 4.69) is 17.1 Å². The van der Waals surface area contributed by atoms with Crippen molar-refractivity contribution in [3.05, 3.63) is 30.1 Å². The Labute approximate surface area is 94.2 Å². The van der Waals surface area contributed by atoms with Gasteiger partial charge in [0.25, 0.3) is 5.89 Å². The van der Waals surface area contributed by atoms with Crippen LogP contribution in [0.3, 0.4) is 0 Å². The molecule has 1 heterocycles. The van der Waals surface area contributed by atoms with Crippen molar-refractivity contribution in [2.24, 2.45) is 0 Å². The largest absolute Gasteiger partial charge is 0.493 e. The second-order valence-electron chi connectivity index (χ2n) is 3.49. The molecule has 1 aromatic heterocycles. The molecule has 0 aliphatic rings. The minimum atomic E-state index is 0.504. The molecule has 0 N–H and O–H groups in total. The summed E-state index contributed by atoms with van der Waals surface area (Å²) in [7, 11) is 0. The van der Waals surface area contributed by atoms with Gasteiger partial charge >= 0.3 is 0 Å². The van der Waals surface area contributed by atoms with Gasteiger partial charge in [0, 0.05) is 0 Å². The lowest BCUT2D eigenvalue weighted by Gasteiger charge is -2.07. The van der Waals surface area contributed by atoms with Crippen LogP contribution < -0.4 is 4.74 Å². The number of para-hydroxylation sites is 1. The molecule has 0 saturated carbocycles. The van der Waals surface area contributed by atoms with Gasteiger partial charge in [-0.15, -0.1) is 0 Å². The van der Waals surface area contributed by atoms with E-state index in [4.69, 9.17) is 9.26 Å². The number of benzene rings is 1. The summed E-state index contributed by atoms with van der Waals surface area (Å²) >= 11 is 0. The summed E-state index contributed by atoms with van der Waals surface area (Å²) < 4.78 is 10.8. The van der Waals surface area contributed by atoms with Crippen LogP contribution in [-0.2, 0) is 0 Å². The molecule has 0 aliphatic heterocycles. The smallest absolute Gasteiger partial charge is 0.261 e. The maximum absolute atomic E-state index is 5.62. The van der Waals surface area contributed by atoms with E-state index in [1.165, 1.54) is 0 Å². The Morgan fingerprint density at radius 2 is 2.12 bits per heavy atom. The van der Waals surface area contributed by atoms with E-state index in [0.717, 1.165) is 17.7 Å². The normalized spacial score (nSPS) is 10.4. The van der Waals surface area contributed by atoms with Crippen molar-refractivity contribution in [1.29, 1.82) is 0 Å². The van der Waals surface area contributed by atoms with Crippen LogP contribution in [0.4, 0.5) is 0 Å². The number of ether oxygens (including phenoxy) is 1. The Balaban J connectivity index is 2.32. The van der Waals surface area contributed by atoms with Gasteiger partial charge < -0.3 is 9.26 Å². The molecule has 2 rings (SSSR count). The Morgan fingerprint density at radius 1 is 1.31 bits per heavy atom. The molecular weight excluding hydrogens is 204 g/mol. The third-order valence-corrected chi connectivity index (χ3v) is 2.11. The summed E-state index contributed by atoms with van der Waals surface area (Å²) in [5, 5.41) is 3.77. The summed E-state index contributed by atoms with van der Waals surface area (Å²) in [6.07, 6.45) is 0.969. The highest BCUT2D eigenvalue weighted by Crippen LogP contribution is 2.28. The second kappa shape index (κ2) is 4.79. The number of hydrogen-bond donors (Lipinski definition) is 0. The quantitative estimate of drug-likeness (QED) is 0.791. The summed E-state index contributed by atoms with van der Waals surface area (Å²) in [5.74, 6) is 1.91. The van der Waals surface area contributed by atoms with Gasteiger partial charge in [-0.1, -0.05) is 24.2 Å². The second-order valence-corrected chi connectivity index (χ2v) is 3.49. The fourth-order valence-corrected chi connectivity index (χ4v) is 1.39. The number of hydrogen-bond acceptors (Lipinski definition) is 4. The van der Waals surface area contributed by atoms with Crippen LogP contribution >= 0.6 is 0 Å². The van der Waals surface area contributed by atoms with E-state index < -0.39 is 0 Å². The number of nitrogens with zero attached hydrogens (tertiary/aromatic N) is 2. The van der Waals surface area contributed by atoms with Gasteiger partial charge in [-0.3, -0.25) is 0 Å². The Morgan fingerprint density at radius 3 is 2.81 bits per heavy atom. The van der Waals surface area contributed by atoms with Gasteiger partial charge in [0.1, 0.15) is 5.75 Å². The fourth-order valence-electron chi connectivity index (χ4n) is 1.39. The summed E-state index contributed by atoms with van der Waals surface area (Å²) in [6.45, 7) is 4.55. The summed E-state index contributed by atoms with van der Waals surface area (Å²) in [6, 6.07) is 7.67. The van der Waals surface area contributed by atoms with E-state index in [1.807, 2.05) is 24.3 Å². The first-order chi connectivity index (χ1) is 7.81. The zero-order valence-electron chi connectivity index (χ0n) is 9.43. The van der Waals surface area contributed by atoms with E-state index in [0.29, 0.717) is 18.3 Å². The van der Waals surface area contributed by atoms with Gasteiger partial charge in [-0.25, -0.2) is 0 Å². The molecule has 0 unspecified atom stereocenters. The van der Waals surface area contributed by atoms with Crippen molar-refractivity contribution in [1.82, 2.24) is 10.1 Å². The Hall–Kier alpha value is -1.84. The first kappa shape index (κ1) is 10.7. The number of aryl methyl sites for hydroxylation is 1. The monoisotopic (exact) mass is 218 g/mol. The maximum atomic E-state index is 5.62. The fraction of sp³-hybridized carbons (Fsp3) is 0.333. The summed E-state index contributed by atoms with van der Waals surface area (Å²) in [5.41, 5.74) is 0.844. The van der Waals surface area contributed by atoms with E-state index >= 15 is 0 Å². The van der Waals surface area contributed by atoms with Crippen molar-refractivity contribution in [2.45, 2.75) is 20.3 Å². The molecule has 0 aliphatic carbocycles. The van der Waals surface area contributed by atoms with Crippen molar-refractivity contribution >= 4 is 0 Å². The average molecular weight is 218 g/mol. The van der Waals surface area contributed by atoms with E-state index in [9.17, 15) is 0 Å². The first-order valence-electron chi connectivity index (χ1n) is 5.33. The first-order valence-corrected chi connectivity index (χ1v) is 5.33. The minimum Gasteiger partial charge on any atom is -0.493 e. The molecule has 16 heavy (non-hydrogen) atoms. The molecule has 0 amide bonds. The molecule has 4 nitrogen and oxygen atoms in total. The van der Waals surface area contributed by atoms with Crippen LogP contribution in [-0.4, -0.2) is 16.7 Å². The van der Waals surface area contributed by atoms with E-state index in [-0.39, 0.29) is 0 Å². The molecule has 0 radical (unpaired) electrons. The molecule has 0 atom stereocenters. The third-order valence-electron chi connectivity index (χ3n) is 2.11. The molecule has 0 fully saturated rings. The molecular formula is C12H14N2O2. The van der Waals surface area contributed by atoms with Crippen LogP contribution in [0.15, 0.2) is 28.8 Å². The van der Waals surface area contributed by atoms with Crippen LogP contribution in [0.2, 0.25) is 0 Å². The predicted molar refractivity (Wildman–Crippen MR) is 60.3 cm³/mol. The lowest BCUT2D eigenvalue weighted by molar-refractivity contribution is 0.317. The number of aromatic nitrogens is 2. The lowest BCUT2D eigenvalue weighted by atomic mass is 10.2. The molecule has 0 spiro atoms. The van der Waals surface area contributed by atoms with Gasteiger partial charge in [-0.2, -0.15) is 4.98 Å². The standard InChI is InChI=1S/C12H14N2O2/c1-3-8-15-11-7-5-4-6-10(11)12-13-9(2)14-16-12/h4-7H,3,8H2,1-2H3. The molecule has 1 aromatic carbocycles. The minimum absolute atomic E-state index is 0.504. The topological polar surface area (TPSA) is 48.2 Å². The average Bonchev–Trinajstić information content (AvgIpc) is 2.73. The van der Waals surface area contributed by atoms with Gasteiger partial charge in [0.15, 0.2) is 5.82 Å². The highest BCUT2D eigenvalue weighted by molar-refractivity contribution is 5.62. The Kier molecular flexibility index (Phi) is 3.19. The van der Waals surface area contributed by atoms with Crippen LogP contribution in [0.5, 0.6) is 5.75 Å². The third kappa shape index (κ3) is 2.21. The zero-order valence-corrected chi connectivity index (χ0v) is 9.43. The zero-order chi connectivity index (χ0) is 11.4. The van der Waals surface area contributed by atoms with Crippen molar-refractivity contribution < 1.29 is 9.26 Å². The molecule has 0 bridgehead atoms. The van der Waals surface area contributed by atoms with Gasteiger partial charge in [-0.05, 0) is 25.5 Å². The SMILES string of the molecule is CCCOc1ccccc1-c1nc(C)no1. The van der Waals surface area contributed by atoms with E-state index in [1.54, 1.807) is 6.92 Å². The molecule has 0 saturated heterocycles. The predicted octanol–water partition coefficient (Wildman–Crippen LogP) is 2.83. The Bertz CT molecular complexity index is 466.